The molecule has 2 rings (SSSR count). The van der Waals surface area contributed by atoms with Gasteiger partial charge in [-0.15, -0.1) is 0 Å². The molecule has 1 aromatic carbocycles. The van der Waals surface area contributed by atoms with E-state index in [4.69, 9.17) is 5.11 Å². The first kappa shape index (κ1) is 18.9. The number of aliphatic hydroxyl groups is 1. The fourth-order valence-corrected chi connectivity index (χ4v) is 3.42. The number of anilines is 1. The average molecular weight is 327 g/mol. The smallest absolute Gasteiger partial charge is 0.282 e. The van der Waals surface area contributed by atoms with Crippen LogP contribution < -0.4 is 22.6 Å². The largest absolute Gasteiger partial charge is 1.00 e. The van der Waals surface area contributed by atoms with Gasteiger partial charge in [-0.1, -0.05) is 17.7 Å². The molecule has 0 spiro atoms. The lowest BCUT2D eigenvalue weighted by Gasteiger charge is -2.21. The molecule has 1 aromatic rings. The molecule has 1 aliphatic heterocycles. The van der Waals surface area contributed by atoms with Crippen LogP contribution in [0.2, 0.25) is 0 Å². The molecular formula is C17H27ClN2O2. The van der Waals surface area contributed by atoms with Crippen molar-refractivity contribution in [1.82, 2.24) is 0 Å². The number of carbonyl (C=O) groups is 1. The van der Waals surface area contributed by atoms with Gasteiger partial charge in [0.05, 0.1) is 13.1 Å². The molecule has 22 heavy (non-hydrogen) atoms. The first-order chi connectivity index (χ1) is 10.0. The number of carbonyl (C=O) groups excluding carboxylic acids is 1. The van der Waals surface area contributed by atoms with E-state index in [2.05, 4.69) is 24.4 Å². The number of hydrogen-bond acceptors (Lipinski definition) is 2. The van der Waals surface area contributed by atoms with E-state index in [9.17, 15) is 4.79 Å². The summed E-state index contributed by atoms with van der Waals surface area (Å²) in [6.45, 7) is 8.27. The highest BCUT2D eigenvalue weighted by Gasteiger charge is 2.34. The molecule has 0 bridgehead atoms. The summed E-state index contributed by atoms with van der Waals surface area (Å²) in [5.74, 6) is 0.121. The minimum absolute atomic E-state index is 0. The molecule has 0 radical (unpaired) electrons. The Hall–Kier alpha value is -1.10. The van der Waals surface area contributed by atoms with Crippen LogP contribution in [0, 0.1) is 20.8 Å². The zero-order chi connectivity index (χ0) is 15.4. The van der Waals surface area contributed by atoms with Crippen LogP contribution in [0.3, 0.4) is 0 Å². The fourth-order valence-electron chi connectivity index (χ4n) is 3.42. The number of quaternary nitrogens is 1. The molecule has 1 heterocycles. The third-order valence-corrected chi connectivity index (χ3v) is 4.38. The minimum atomic E-state index is 0. The standard InChI is InChI=1S/C17H26N2O2.ClH/c1-12-10-13(2)16(14(3)11-12)18-17(21)15-6-4-7-19(15)8-5-9-20;/h10-11,15,20H,4-9H2,1-3H3,(H,18,21);1H. The first-order valence-corrected chi connectivity index (χ1v) is 7.87. The number of hydrogen-bond donors (Lipinski definition) is 3. The van der Waals surface area contributed by atoms with Gasteiger partial charge in [0.2, 0.25) is 0 Å². The van der Waals surface area contributed by atoms with Crippen molar-refractivity contribution in [2.75, 3.05) is 25.0 Å². The van der Waals surface area contributed by atoms with Crippen LogP contribution >= 0.6 is 0 Å². The number of aliphatic hydroxyl groups excluding tert-OH is 1. The number of likely N-dealkylation sites (tertiary alicyclic amines) is 1. The molecule has 0 aliphatic carbocycles. The van der Waals surface area contributed by atoms with Gasteiger partial charge in [0.1, 0.15) is 0 Å². The van der Waals surface area contributed by atoms with Crippen molar-refractivity contribution >= 4 is 11.6 Å². The van der Waals surface area contributed by atoms with E-state index in [-0.39, 0.29) is 31.0 Å². The molecular weight excluding hydrogens is 300 g/mol. The van der Waals surface area contributed by atoms with E-state index < -0.39 is 0 Å². The van der Waals surface area contributed by atoms with Crippen molar-refractivity contribution in [3.8, 4) is 0 Å². The second-order valence-electron chi connectivity index (χ2n) is 6.19. The molecule has 1 fully saturated rings. The monoisotopic (exact) mass is 326 g/mol. The maximum atomic E-state index is 12.6. The van der Waals surface area contributed by atoms with E-state index >= 15 is 0 Å². The van der Waals surface area contributed by atoms with Gasteiger partial charge in [-0.25, -0.2) is 0 Å². The summed E-state index contributed by atoms with van der Waals surface area (Å²) in [7, 11) is 0. The summed E-state index contributed by atoms with van der Waals surface area (Å²) < 4.78 is 0. The summed E-state index contributed by atoms with van der Waals surface area (Å²) in [5.41, 5.74) is 4.42. The van der Waals surface area contributed by atoms with E-state index in [0.717, 1.165) is 49.2 Å². The Kier molecular flexibility index (Phi) is 7.33. The van der Waals surface area contributed by atoms with Crippen molar-refractivity contribution in [2.45, 2.75) is 46.1 Å². The summed E-state index contributed by atoms with van der Waals surface area (Å²) >= 11 is 0. The van der Waals surface area contributed by atoms with Crippen LogP contribution in [0.25, 0.3) is 0 Å². The average Bonchev–Trinajstić information content (AvgIpc) is 2.88. The van der Waals surface area contributed by atoms with Gasteiger partial charge in [-0.05, 0) is 31.9 Å². The fraction of sp³-hybridized carbons (Fsp3) is 0.588. The van der Waals surface area contributed by atoms with Crippen LogP contribution in [0.1, 0.15) is 36.0 Å². The van der Waals surface area contributed by atoms with Gasteiger partial charge in [0.15, 0.2) is 6.04 Å². The maximum Gasteiger partial charge on any atom is 0.282 e. The zero-order valence-corrected chi connectivity index (χ0v) is 14.5. The van der Waals surface area contributed by atoms with Crippen molar-refractivity contribution in [2.24, 2.45) is 0 Å². The van der Waals surface area contributed by atoms with Crippen LogP contribution in [0.5, 0.6) is 0 Å². The highest BCUT2D eigenvalue weighted by atomic mass is 35.5. The van der Waals surface area contributed by atoms with Crippen LogP contribution in [-0.4, -0.2) is 36.8 Å². The number of halogens is 1. The minimum Gasteiger partial charge on any atom is -1.00 e. The third-order valence-electron chi connectivity index (χ3n) is 4.38. The van der Waals surface area contributed by atoms with Gasteiger partial charge in [-0.3, -0.25) is 4.79 Å². The quantitative estimate of drug-likeness (QED) is 0.585. The summed E-state index contributed by atoms with van der Waals surface area (Å²) in [6, 6.07) is 4.23. The Labute approximate surface area is 139 Å². The molecule has 1 aliphatic rings. The predicted octanol–water partition coefficient (Wildman–Crippen LogP) is -2.02. The lowest BCUT2D eigenvalue weighted by molar-refractivity contribution is -0.903. The predicted molar refractivity (Wildman–Crippen MR) is 84.7 cm³/mol. The van der Waals surface area contributed by atoms with Gasteiger partial charge in [0.25, 0.3) is 5.91 Å². The van der Waals surface area contributed by atoms with Crippen LogP contribution in [0.4, 0.5) is 5.69 Å². The Morgan fingerprint density at radius 1 is 1.32 bits per heavy atom. The Bertz CT molecular complexity index is 496. The first-order valence-electron chi connectivity index (χ1n) is 7.87. The molecule has 0 saturated carbocycles. The molecule has 5 heteroatoms. The van der Waals surface area contributed by atoms with E-state index in [1.165, 1.54) is 10.5 Å². The van der Waals surface area contributed by atoms with Crippen molar-refractivity contribution in [1.29, 1.82) is 0 Å². The number of aryl methyl sites for hydroxylation is 3. The molecule has 2 unspecified atom stereocenters. The highest BCUT2D eigenvalue weighted by molar-refractivity contribution is 5.95. The Balaban J connectivity index is 0.00000242. The highest BCUT2D eigenvalue weighted by Crippen LogP contribution is 2.22. The molecule has 124 valence electrons. The summed E-state index contributed by atoms with van der Waals surface area (Å²) in [6.07, 6.45) is 2.79. The molecule has 2 atom stereocenters. The summed E-state index contributed by atoms with van der Waals surface area (Å²) in [5, 5.41) is 12.1. The molecule has 0 aromatic heterocycles. The Morgan fingerprint density at radius 3 is 2.55 bits per heavy atom. The Morgan fingerprint density at radius 2 is 1.95 bits per heavy atom. The molecule has 1 saturated heterocycles. The lowest BCUT2D eigenvalue weighted by atomic mass is 10.0. The van der Waals surface area contributed by atoms with Crippen molar-refractivity contribution < 1.29 is 27.2 Å². The topological polar surface area (TPSA) is 53.8 Å². The molecule has 1 amide bonds. The number of nitrogens with one attached hydrogen (secondary N) is 2. The van der Waals surface area contributed by atoms with Gasteiger partial charge in [0, 0.05) is 31.6 Å². The van der Waals surface area contributed by atoms with E-state index in [0.29, 0.717) is 0 Å². The van der Waals surface area contributed by atoms with Crippen LogP contribution in [-0.2, 0) is 4.79 Å². The van der Waals surface area contributed by atoms with Gasteiger partial charge in [-0.2, -0.15) is 0 Å². The van der Waals surface area contributed by atoms with E-state index in [1.54, 1.807) is 0 Å². The normalized spacial score (nSPS) is 20.5. The molecule has 3 N–H and O–H groups in total. The molecule has 4 nitrogen and oxygen atoms in total. The SMILES string of the molecule is Cc1cc(C)c(NC(=O)C2CCC[NH+]2CCCO)c(C)c1.[Cl-]. The second-order valence-corrected chi connectivity index (χ2v) is 6.19. The van der Waals surface area contributed by atoms with Crippen molar-refractivity contribution in [3.63, 3.8) is 0 Å². The van der Waals surface area contributed by atoms with Crippen molar-refractivity contribution in [3.05, 3.63) is 28.8 Å². The third kappa shape index (κ3) is 4.45. The number of rotatable bonds is 5. The van der Waals surface area contributed by atoms with Gasteiger partial charge >= 0.3 is 0 Å². The maximum absolute atomic E-state index is 12.6. The van der Waals surface area contributed by atoms with Gasteiger partial charge < -0.3 is 27.7 Å². The lowest BCUT2D eigenvalue weighted by Crippen LogP contribution is -3.14. The number of benzene rings is 1. The zero-order valence-electron chi connectivity index (χ0n) is 13.7. The van der Waals surface area contributed by atoms with Crippen LogP contribution in [0.15, 0.2) is 12.1 Å². The second kappa shape index (κ2) is 8.51. The number of amides is 1. The van der Waals surface area contributed by atoms with E-state index in [1.807, 2.05) is 13.8 Å². The summed E-state index contributed by atoms with van der Waals surface area (Å²) in [4.78, 5) is 13.9.